The van der Waals surface area contributed by atoms with E-state index in [0.717, 1.165) is 58.2 Å². The summed E-state index contributed by atoms with van der Waals surface area (Å²) in [6.45, 7) is 2.43. The number of nitrogens with zero attached hydrogens (tertiary/aromatic N) is 2. The highest BCUT2D eigenvalue weighted by Crippen LogP contribution is 2.34. The molecule has 0 aromatic heterocycles. The first-order valence-electron chi connectivity index (χ1n) is 7.91. The molecule has 2 amide bonds. The van der Waals surface area contributed by atoms with Crippen molar-refractivity contribution in [1.82, 2.24) is 9.80 Å². The summed E-state index contributed by atoms with van der Waals surface area (Å²) in [5.41, 5.74) is 0. The summed E-state index contributed by atoms with van der Waals surface area (Å²) in [6.07, 6.45) is 5.52. The molecule has 0 radical (unpaired) electrons. The number of piperidine rings is 1. The second-order valence-electron chi connectivity index (χ2n) is 6.42. The Balaban J connectivity index is 1.59. The fraction of sp³-hybridized carbons (Fsp3) is 0.867. The second kappa shape index (κ2) is 5.72. The largest absolute Gasteiger partial charge is 0.396 e. The Labute approximate surface area is 119 Å². The van der Waals surface area contributed by atoms with Gasteiger partial charge in [0.2, 0.25) is 11.8 Å². The zero-order valence-electron chi connectivity index (χ0n) is 12.0. The molecule has 2 heterocycles. The molecule has 2 aliphatic heterocycles. The molecule has 0 aromatic rings. The lowest BCUT2D eigenvalue weighted by Crippen LogP contribution is -2.50. The van der Waals surface area contributed by atoms with Crippen LogP contribution in [0.3, 0.4) is 0 Å². The third-order valence-electron chi connectivity index (χ3n) is 4.93. The highest BCUT2D eigenvalue weighted by atomic mass is 16.3. The number of rotatable bonds is 3. The molecule has 0 aromatic carbocycles. The first-order valence-corrected chi connectivity index (χ1v) is 7.91. The van der Waals surface area contributed by atoms with E-state index in [1.54, 1.807) is 0 Å². The molecule has 2 saturated heterocycles. The van der Waals surface area contributed by atoms with E-state index < -0.39 is 0 Å². The first kappa shape index (κ1) is 13.9. The minimum absolute atomic E-state index is 0.132. The van der Waals surface area contributed by atoms with E-state index in [1.807, 2.05) is 9.80 Å². The van der Waals surface area contributed by atoms with Gasteiger partial charge in [0.15, 0.2) is 0 Å². The highest BCUT2D eigenvalue weighted by molar-refractivity contribution is 5.90. The standard InChI is InChI=1S/C15H24N2O3/c18-10-11-5-8-16(9-6-11)15(20)13-2-1-7-17(13)14(19)12-3-4-12/h11-13,18H,1-10H2. The van der Waals surface area contributed by atoms with Gasteiger partial charge in [0.05, 0.1) is 0 Å². The predicted octanol–water partition coefficient (Wildman–Crippen LogP) is 0.618. The van der Waals surface area contributed by atoms with E-state index in [9.17, 15) is 9.59 Å². The van der Waals surface area contributed by atoms with Crippen LogP contribution < -0.4 is 0 Å². The number of carbonyl (C=O) groups excluding carboxylic acids is 2. The predicted molar refractivity (Wildman–Crippen MR) is 73.8 cm³/mol. The molecule has 5 heteroatoms. The van der Waals surface area contributed by atoms with E-state index in [4.69, 9.17) is 5.11 Å². The number of aliphatic hydroxyl groups is 1. The van der Waals surface area contributed by atoms with Crippen LogP contribution >= 0.6 is 0 Å². The number of amides is 2. The summed E-state index contributed by atoms with van der Waals surface area (Å²) in [5, 5.41) is 9.15. The van der Waals surface area contributed by atoms with E-state index in [0.29, 0.717) is 5.92 Å². The second-order valence-corrected chi connectivity index (χ2v) is 6.42. The van der Waals surface area contributed by atoms with Crippen LogP contribution in [0.15, 0.2) is 0 Å². The van der Waals surface area contributed by atoms with Gasteiger partial charge in [-0.1, -0.05) is 0 Å². The van der Waals surface area contributed by atoms with Crippen LogP contribution in [-0.2, 0) is 9.59 Å². The molecule has 1 atom stereocenters. The molecule has 0 spiro atoms. The van der Waals surface area contributed by atoms with E-state index >= 15 is 0 Å². The van der Waals surface area contributed by atoms with Crippen molar-refractivity contribution in [2.24, 2.45) is 11.8 Å². The molecule has 20 heavy (non-hydrogen) atoms. The van der Waals surface area contributed by atoms with E-state index in [2.05, 4.69) is 0 Å². The van der Waals surface area contributed by atoms with Gasteiger partial charge in [-0.15, -0.1) is 0 Å². The minimum Gasteiger partial charge on any atom is -0.396 e. The topological polar surface area (TPSA) is 60.9 Å². The monoisotopic (exact) mass is 280 g/mol. The third kappa shape index (κ3) is 2.68. The van der Waals surface area contributed by atoms with Gasteiger partial charge in [-0.05, 0) is 44.4 Å². The van der Waals surface area contributed by atoms with Crippen LogP contribution in [0.4, 0.5) is 0 Å². The van der Waals surface area contributed by atoms with Crippen LogP contribution in [0.5, 0.6) is 0 Å². The van der Waals surface area contributed by atoms with Crippen LogP contribution in [0.1, 0.15) is 38.5 Å². The zero-order valence-corrected chi connectivity index (χ0v) is 12.0. The smallest absolute Gasteiger partial charge is 0.245 e. The van der Waals surface area contributed by atoms with Crippen molar-refractivity contribution in [1.29, 1.82) is 0 Å². The highest BCUT2D eigenvalue weighted by Gasteiger charge is 2.42. The number of likely N-dealkylation sites (tertiary alicyclic amines) is 2. The number of carbonyl (C=O) groups is 2. The van der Waals surface area contributed by atoms with Crippen molar-refractivity contribution in [3.8, 4) is 0 Å². The van der Waals surface area contributed by atoms with Gasteiger partial charge >= 0.3 is 0 Å². The fourth-order valence-electron chi connectivity index (χ4n) is 3.40. The molecule has 112 valence electrons. The normalized spacial score (nSPS) is 27.9. The van der Waals surface area contributed by atoms with Crippen LogP contribution in [-0.4, -0.2) is 59.0 Å². The molecule has 5 nitrogen and oxygen atoms in total. The molecule has 1 saturated carbocycles. The molecule has 1 aliphatic carbocycles. The molecule has 1 unspecified atom stereocenters. The lowest BCUT2D eigenvalue weighted by Gasteiger charge is -2.35. The average molecular weight is 280 g/mol. The molecule has 3 rings (SSSR count). The Hall–Kier alpha value is -1.10. The summed E-state index contributed by atoms with van der Waals surface area (Å²) in [4.78, 5) is 28.6. The van der Waals surface area contributed by atoms with Gasteiger partial charge in [-0.3, -0.25) is 9.59 Å². The number of hydrogen-bond acceptors (Lipinski definition) is 3. The average Bonchev–Trinajstić information content (AvgIpc) is 3.23. The maximum absolute atomic E-state index is 12.6. The lowest BCUT2D eigenvalue weighted by molar-refractivity contribution is -0.145. The molecular weight excluding hydrogens is 256 g/mol. The van der Waals surface area contributed by atoms with Crippen molar-refractivity contribution in [2.45, 2.75) is 44.6 Å². The number of hydrogen-bond donors (Lipinski definition) is 1. The molecule has 3 fully saturated rings. The zero-order chi connectivity index (χ0) is 14.1. The van der Waals surface area contributed by atoms with Crippen LogP contribution in [0.25, 0.3) is 0 Å². The SMILES string of the molecule is O=C(C1CCCN1C(=O)C1CC1)N1CCC(CO)CC1. The summed E-state index contributed by atoms with van der Waals surface area (Å²) in [5.74, 6) is 0.870. The van der Waals surface area contributed by atoms with Gasteiger partial charge in [0, 0.05) is 32.2 Å². The van der Waals surface area contributed by atoms with Crippen LogP contribution in [0.2, 0.25) is 0 Å². The van der Waals surface area contributed by atoms with Crippen molar-refractivity contribution >= 4 is 11.8 Å². The quantitative estimate of drug-likeness (QED) is 0.824. The lowest BCUT2D eigenvalue weighted by atomic mass is 9.97. The molecule has 1 N–H and O–H groups in total. The Morgan fingerprint density at radius 2 is 1.65 bits per heavy atom. The molecule has 3 aliphatic rings. The van der Waals surface area contributed by atoms with Gasteiger partial charge in [0.1, 0.15) is 6.04 Å². The maximum atomic E-state index is 12.6. The van der Waals surface area contributed by atoms with Crippen molar-refractivity contribution < 1.29 is 14.7 Å². The van der Waals surface area contributed by atoms with E-state index in [-0.39, 0.29) is 30.4 Å². The number of aliphatic hydroxyl groups excluding tert-OH is 1. The van der Waals surface area contributed by atoms with Crippen molar-refractivity contribution in [3.05, 3.63) is 0 Å². The summed E-state index contributed by atoms with van der Waals surface area (Å²) < 4.78 is 0. The Bertz CT molecular complexity index is 387. The van der Waals surface area contributed by atoms with Gasteiger partial charge in [-0.25, -0.2) is 0 Å². The fourth-order valence-corrected chi connectivity index (χ4v) is 3.40. The molecular formula is C15H24N2O3. The van der Waals surface area contributed by atoms with Crippen molar-refractivity contribution in [2.75, 3.05) is 26.2 Å². The van der Waals surface area contributed by atoms with E-state index in [1.165, 1.54) is 0 Å². The minimum atomic E-state index is -0.214. The van der Waals surface area contributed by atoms with Gasteiger partial charge in [0.25, 0.3) is 0 Å². The van der Waals surface area contributed by atoms with Crippen molar-refractivity contribution in [3.63, 3.8) is 0 Å². The Morgan fingerprint density at radius 1 is 0.950 bits per heavy atom. The summed E-state index contributed by atoms with van der Waals surface area (Å²) in [7, 11) is 0. The summed E-state index contributed by atoms with van der Waals surface area (Å²) >= 11 is 0. The Kier molecular flexibility index (Phi) is 3.96. The summed E-state index contributed by atoms with van der Waals surface area (Å²) in [6, 6.07) is -0.214. The molecule has 0 bridgehead atoms. The van der Waals surface area contributed by atoms with Crippen LogP contribution in [0, 0.1) is 11.8 Å². The first-order chi connectivity index (χ1) is 9.70. The van der Waals surface area contributed by atoms with Gasteiger partial charge < -0.3 is 14.9 Å². The third-order valence-corrected chi connectivity index (χ3v) is 4.93. The van der Waals surface area contributed by atoms with Gasteiger partial charge in [-0.2, -0.15) is 0 Å². The Morgan fingerprint density at radius 3 is 2.25 bits per heavy atom. The maximum Gasteiger partial charge on any atom is 0.245 e.